The Labute approximate surface area is 162 Å². The maximum absolute atomic E-state index is 12.9. The van der Waals surface area contributed by atoms with Crippen LogP contribution in [0.3, 0.4) is 0 Å². The molecule has 0 spiro atoms. The van der Waals surface area contributed by atoms with Gasteiger partial charge in [0.15, 0.2) is 0 Å². The van der Waals surface area contributed by atoms with Crippen molar-refractivity contribution in [2.24, 2.45) is 0 Å². The summed E-state index contributed by atoms with van der Waals surface area (Å²) in [6.07, 6.45) is 1.42. The van der Waals surface area contributed by atoms with Crippen LogP contribution in [0.15, 0.2) is 60.8 Å². The number of halogens is 1. The summed E-state index contributed by atoms with van der Waals surface area (Å²) in [6.45, 7) is 4.08. The average Bonchev–Trinajstić information content (AvgIpc) is 2.70. The summed E-state index contributed by atoms with van der Waals surface area (Å²) >= 11 is 0. The molecule has 142 valence electrons. The Balaban J connectivity index is 1.69. The maximum atomic E-state index is 12.9. The Bertz CT molecular complexity index is 996. The lowest BCUT2D eigenvalue weighted by Gasteiger charge is -2.12. The fourth-order valence-electron chi connectivity index (χ4n) is 2.77. The highest BCUT2D eigenvalue weighted by Crippen LogP contribution is 2.20. The standard InChI is InChI=1S/C22H20FN3O2/c1-14-4-3-5-15(2)20(14)26-21(27)17-10-11-24-19(12-17)22(28)25-13-16-6-8-18(23)9-7-16/h3-12H,13H2,1-2H3,(H,25,28)(H,26,27). The highest BCUT2D eigenvalue weighted by molar-refractivity contribution is 6.06. The van der Waals surface area contributed by atoms with Gasteiger partial charge in [-0.25, -0.2) is 4.39 Å². The molecule has 0 atom stereocenters. The number of carbonyl (C=O) groups excluding carboxylic acids is 2. The molecule has 0 saturated heterocycles. The normalized spacial score (nSPS) is 10.4. The number of benzene rings is 2. The number of hydrogen-bond donors (Lipinski definition) is 2. The number of aromatic nitrogens is 1. The fourth-order valence-corrected chi connectivity index (χ4v) is 2.77. The predicted octanol–water partition coefficient (Wildman–Crippen LogP) is 4.02. The second-order valence-electron chi connectivity index (χ2n) is 6.46. The van der Waals surface area contributed by atoms with Crippen LogP contribution in [0.4, 0.5) is 10.1 Å². The van der Waals surface area contributed by atoms with E-state index in [1.807, 2.05) is 32.0 Å². The Morgan fingerprint density at radius 3 is 2.32 bits per heavy atom. The highest BCUT2D eigenvalue weighted by atomic mass is 19.1. The van der Waals surface area contributed by atoms with Crippen molar-refractivity contribution in [2.75, 3.05) is 5.32 Å². The molecule has 0 aliphatic heterocycles. The van der Waals surface area contributed by atoms with Crippen molar-refractivity contribution in [3.63, 3.8) is 0 Å². The van der Waals surface area contributed by atoms with Crippen molar-refractivity contribution in [1.29, 1.82) is 0 Å². The van der Waals surface area contributed by atoms with E-state index in [4.69, 9.17) is 0 Å². The van der Waals surface area contributed by atoms with Gasteiger partial charge in [0, 0.05) is 24.0 Å². The van der Waals surface area contributed by atoms with Gasteiger partial charge in [0.25, 0.3) is 11.8 Å². The van der Waals surface area contributed by atoms with E-state index < -0.39 is 5.91 Å². The first kappa shape index (κ1) is 19.2. The van der Waals surface area contributed by atoms with Crippen LogP contribution in [0.1, 0.15) is 37.5 Å². The molecule has 2 N–H and O–H groups in total. The second-order valence-corrected chi connectivity index (χ2v) is 6.46. The third kappa shape index (κ3) is 4.59. The Morgan fingerprint density at radius 2 is 1.64 bits per heavy atom. The van der Waals surface area contributed by atoms with E-state index in [0.29, 0.717) is 5.56 Å². The van der Waals surface area contributed by atoms with Gasteiger partial charge in [0.05, 0.1) is 0 Å². The van der Waals surface area contributed by atoms with Gasteiger partial charge in [-0.1, -0.05) is 30.3 Å². The molecule has 6 heteroatoms. The van der Waals surface area contributed by atoms with Crippen LogP contribution < -0.4 is 10.6 Å². The third-order valence-corrected chi connectivity index (χ3v) is 4.34. The largest absolute Gasteiger partial charge is 0.347 e. The smallest absolute Gasteiger partial charge is 0.270 e. The molecule has 0 aliphatic rings. The molecule has 0 aliphatic carbocycles. The Morgan fingerprint density at radius 1 is 0.964 bits per heavy atom. The van der Waals surface area contributed by atoms with Gasteiger partial charge in [0.1, 0.15) is 11.5 Å². The van der Waals surface area contributed by atoms with Crippen LogP contribution in [0.25, 0.3) is 0 Å². The van der Waals surface area contributed by atoms with Crippen LogP contribution >= 0.6 is 0 Å². The zero-order chi connectivity index (χ0) is 20.1. The lowest BCUT2D eigenvalue weighted by atomic mass is 10.1. The van der Waals surface area contributed by atoms with Crippen LogP contribution in [0.2, 0.25) is 0 Å². The Kier molecular flexibility index (Phi) is 5.79. The van der Waals surface area contributed by atoms with Crippen molar-refractivity contribution in [3.8, 4) is 0 Å². The number of amides is 2. The number of carbonyl (C=O) groups is 2. The number of rotatable bonds is 5. The SMILES string of the molecule is Cc1cccc(C)c1NC(=O)c1ccnc(C(=O)NCc2ccc(F)cc2)c1. The van der Waals surface area contributed by atoms with Crippen LogP contribution in [-0.4, -0.2) is 16.8 Å². The molecule has 0 bridgehead atoms. The fraction of sp³-hybridized carbons (Fsp3) is 0.136. The summed E-state index contributed by atoms with van der Waals surface area (Å²) in [5, 5.41) is 5.60. The molecule has 5 nitrogen and oxygen atoms in total. The van der Waals surface area contributed by atoms with Crippen molar-refractivity contribution < 1.29 is 14.0 Å². The van der Waals surface area contributed by atoms with Gasteiger partial charge in [-0.2, -0.15) is 0 Å². The van der Waals surface area contributed by atoms with E-state index in [1.54, 1.807) is 18.2 Å². The average molecular weight is 377 g/mol. The lowest BCUT2D eigenvalue weighted by Crippen LogP contribution is -2.24. The van der Waals surface area contributed by atoms with E-state index in [1.165, 1.54) is 24.4 Å². The maximum Gasteiger partial charge on any atom is 0.270 e. The Hall–Kier alpha value is -3.54. The molecule has 3 aromatic rings. The zero-order valence-corrected chi connectivity index (χ0v) is 15.6. The number of nitrogens with zero attached hydrogens (tertiary/aromatic N) is 1. The minimum atomic E-state index is -0.411. The highest BCUT2D eigenvalue weighted by Gasteiger charge is 2.13. The molecule has 0 saturated carbocycles. The lowest BCUT2D eigenvalue weighted by molar-refractivity contribution is 0.0946. The number of anilines is 1. The van der Waals surface area contributed by atoms with E-state index in [-0.39, 0.29) is 24.0 Å². The summed E-state index contributed by atoms with van der Waals surface area (Å²) in [5.74, 6) is -1.06. The molecule has 0 radical (unpaired) electrons. The van der Waals surface area contributed by atoms with Gasteiger partial charge in [-0.15, -0.1) is 0 Å². The van der Waals surface area contributed by atoms with Gasteiger partial charge in [-0.3, -0.25) is 14.6 Å². The summed E-state index contributed by atoms with van der Waals surface area (Å²) in [7, 11) is 0. The van der Waals surface area contributed by atoms with Crippen LogP contribution in [-0.2, 0) is 6.54 Å². The number of aryl methyl sites for hydroxylation is 2. The molecule has 0 fully saturated rings. The van der Waals surface area contributed by atoms with Crippen LogP contribution in [0.5, 0.6) is 0 Å². The molecular weight excluding hydrogens is 357 g/mol. The number of nitrogens with one attached hydrogen (secondary N) is 2. The van der Waals surface area contributed by atoms with Gasteiger partial charge >= 0.3 is 0 Å². The van der Waals surface area contributed by atoms with E-state index in [2.05, 4.69) is 15.6 Å². The van der Waals surface area contributed by atoms with Crippen molar-refractivity contribution in [1.82, 2.24) is 10.3 Å². The topological polar surface area (TPSA) is 71.1 Å². The number of hydrogen-bond acceptors (Lipinski definition) is 3. The van der Waals surface area contributed by atoms with E-state index in [0.717, 1.165) is 22.4 Å². The van der Waals surface area contributed by atoms with E-state index in [9.17, 15) is 14.0 Å². The third-order valence-electron chi connectivity index (χ3n) is 4.34. The van der Waals surface area contributed by atoms with Gasteiger partial charge in [-0.05, 0) is 54.8 Å². The second kappa shape index (κ2) is 8.43. The summed E-state index contributed by atoms with van der Waals surface area (Å²) in [4.78, 5) is 29.0. The molecule has 1 heterocycles. The first-order valence-corrected chi connectivity index (χ1v) is 8.80. The minimum absolute atomic E-state index is 0.135. The number of para-hydroxylation sites is 1. The summed E-state index contributed by atoms with van der Waals surface area (Å²) in [6, 6.07) is 14.6. The molecule has 0 unspecified atom stereocenters. The zero-order valence-electron chi connectivity index (χ0n) is 15.6. The molecular formula is C22H20FN3O2. The van der Waals surface area contributed by atoms with E-state index >= 15 is 0 Å². The van der Waals surface area contributed by atoms with Crippen molar-refractivity contribution in [3.05, 3.63) is 94.6 Å². The summed E-state index contributed by atoms with van der Waals surface area (Å²) < 4.78 is 12.9. The molecule has 28 heavy (non-hydrogen) atoms. The first-order chi connectivity index (χ1) is 13.4. The quantitative estimate of drug-likeness (QED) is 0.705. The van der Waals surface area contributed by atoms with Crippen molar-refractivity contribution >= 4 is 17.5 Å². The predicted molar refractivity (Wildman–Crippen MR) is 106 cm³/mol. The monoisotopic (exact) mass is 377 g/mol. The van der Waals surface area contributed by atoms with Crippen LogP contribution in [0, 0.1) is 19.7 Å². The van der Waals surface area contributed by atoms with Crippen molar-refractivity contribution in [2.45, 2.75) is 20.4 Å². The van der Waals surface area contributed by atoms with Gasteiger partial charge < -0.3 is 10.6 Å². The first-order valence-electron chi connectivity index (χ1n) is 8.80. The molecule has 3 rings (SSSR count). The minimum Gasteiger partial charge on any atom is -0.347 e. The molecule has 1 aromatic heterocycles. The number of pyridine rings is 1. The summed E-state index contributed by atoms with van der Waals surface area (Å²) in [5.41, 5.74) is 3.91. The molecule has 2 amide bonds. The van der Waals surface area contributed by atoms with Gasteiger partial charge in [0.2, 0.25) is 0 Å². The molecule has 2 aromatic carbocycles.